The van der Waals surface area contributed by atoms with Gasteiger partial charge < -0.3 is 29.6 Å². The first kappa shape index (κ1) is 21.9. The summed E-state index contributed by atoms with van der Waals surface area (Å²) in [4.78, 5) is 39.6. The zero-order chi connectivity index (χ0) is 22.7. The van der Waals surface area contributed by atoms with Gasteiger partial charge in [0.25, 0.3) is 5.56 Å². The predicted octanol–water partition coefficient (Wildman–Crippen LogP) is 2.48. The summed E-state index contributed by atoms with van der Waals surface area (Å²) >= 11 is 0. The van der Waals surface area contributed by atoms with Crippen LogP contribution < -0.4 is 20.9 Å². The molecule has 0 spiro atoms. The van der Waals surface area contributed by atoms with E-state index in [1.165, 1.54) is 7.11 Å². The lowest BCUT2D eigenvalue weighted by molar-refractivity contribution is -0.117. The quantitative estimate of drug-likeness (QED) is 0.719. The van der Waals surface area contributed by atoms with Gasteiger partial charge in [-0.15, -0.1) is 0 Å². The molecule has 2 N–H and O–H groups in total. The molecule has 2 atom stereocenters. The molecular formula is C23H28N4O5. The second kappa shape index (κ2) is 9.44. The molecule has 170 valence electrons. The first-order chi connectivity index (χ1) is 15.5. The second-order valence-electron chi connectivity index (χ2n) is 8.24. The van der Waals surface area contributed by atoms with E-state index in [0.717, 1.165) is 17.9 Å². The first-order valence-corrected chi connectivity index (χ1v) is 10.7. The van der Waals surface area contributed by atoms with Gasteiger partial charge in [-0.25, -0.2) is 4.79 Å². The number of likely N-dealkylation sites (tertiary alicyclic amines) is 1. The standard InChI is InChI=1S/C23H28N4O5/c1-31-10-9-21(28)25-19-7-8-20-16-11-15(13-27(20)22(19)29)12-26(14-16)23(30)24-17-3-5-18(32-2)6-4-17/h3-8,15-16H,9-14H2,1-2H3,(H,24,30)(H,25,28)/t15-,16+/m0/s1. The molecule has 3 amide bonds. The smallest absolute Gasteiger partial charge is 0.321 e. The molecule has 0 saturated carbocycles. The monoisotopic (exact) mass is 440 g/mol. The molecule has 3 heterocycles. The topological polar surface area (TPSA) is 102 Å². The van der Waals surface area contributed by atoms with E-state index in [1.807, 2.05) is 11.0 Å². The zero-order valence-electron chi connectivity index (χ0n) is 18.3. The molecule has 1 aromatic heterocycles. The highest BCUT2D eigenvalue weighted by molar-refractivity contribution is 5.90. The van der Waals surface area contributed by atoms with Gasteiger partial charge in [-0.3, -0.25) is 9.59 Å². The third-order valence-electron chi connectivity index (χ3n) is 6.04. The highest BCUT2D eigenvalue weighted by Gasteiger charge is 2.36. The Morgan fingerprint density at radius 2 is 1.81 bits per heavy atom. The van der Waals surface area contributed by atoms with Crippen molar-refractivity contribution < 1.29 is 19.1 Å². The average molecular weight is 441 g/mol. The summed E-state index contributed by atoms with van der Waals surface area (Å²) in [6, 6.07) is 10.6. The summed E-state index contributed by atoms with van der Waals surface area (Å²) < 4.78 is 11.8. The van der Waals surface area contributed by atoms with Gasteiger partial charge in [0.2, 0.25) is 5.91 Å². The molecule has 1 aromatic carbocycles. The van der Waals surface area contributed by atoms with Crippen molar-refractivity contribution >= 4 is 23.3 Å². The number of nitrogens with one attached hydrogen (secondary N) is 2. The van der Waals surface area contributed by atoms with Crippen molar-refractivity contribution in [3.05, 3.63) is 52.4 Å². The van der Waals surface area contributed by atoms with E-state index >= 15 is 0 Å². The summed E-state index contributed by atoms with van der Waals surface area (Å²) in [5.74, 6) is 0.740. The lowest BCUT2D eigenvalue weighted by Gasteiger charge is -2.42. The number of carbonyl (C=O) groups is 2. The van der Waals surface area contributed by atoms with Crippen LogP contribution in [0.4, 0.5) is 16.2 Å². The number of anilines is 2. The number of hydrogen-bond acceptors (Lipinski definition) is 5. The van der Waals surface area contributed by atoms with Crippen LogP contribution >= 0.6 is 0 Å². The fourth-order valence-corrected chi connectivity index (χ4v) is 4.49. The SMILES string of the molecule is COCCC(=O)Nc1ccc2n(c1=O)C[C@H]1C[C@@H]2CN(C(=O)Nc2ccc(OC)cc2)C1. The summed E-state index contributed by atoms with van der Waals surface area (Å²) in [6.45, 7) is 1.95. The third-order valence-corrected chi connectivity index (χ3v) is 6.04. The zero-order valence-corrected chi connectivity index (χ0v) is 18.3. The number of ether oxygens (including phenoxy) is 2. The number of piperidine rings is 1. The Bertz CT molecular complexity index is 1050. The van der Waals surface area contributed by atoms with Gasteiger partial charge in [-0.1, -0.05) is 0 Å². The van der Waals surface area contributed by atoms with Crippen molar-refractivity contribution in [1.82, 2.24) is 9.47 Å². The number of hydrogen-bond donors (Lipinski definition) is 2. The number of methoxy groups -OCH3 is 2. The fraction of sp³-hybridized carbons (Fsp3) is 0.435. The van der Waals surface area contributed by atoms with Gasteiger partial charge in [0.15, 0.2) is 0 Å². The number of rotatable bonds is 6. The predicted molar refractivity (Wildman–Crippen MR) is 120 cm³/mol. The van der Waals surface area contributed by atoms with Crippen LogP contribution in [-0.4, -0.2) is 55.3 Å². The molecule has 9 nitrogen and oxygen atoms in total. The van der Waals surface area contributed by atoms with Crippen molar-refractivity contribution in [1.29, 1.82) is 0 Å². The highest BCUT2D eigenvalue weighted by Crippen LogP contribution is 2.35. The van der Waals surface area contributed by atoms with Crippen LogP contribution in [0.25, 0.3) is 0 Å². The first-order valence-electron chi connectivity index (χ1n) is 10.7. The number of fused-ring (bicyclic) bond motifs is 4. The minimum atomic E-state index is -0.248. The van der Waals surface area contributed by atoms with Gasteiger partial charge in [0.1, 0.15) is 11.4 Å². The van der Waals surface area contributed by atoms with Crippen LogP contribution in [0.1, 0.15) is 24.5 Å². The largest absolute Gasteiger partial charge is 0.497 e. The third kappa shape index (κ3) is 4.62. The normalized spacial score (nSPS) is 19.1. The minimum Gasteiger partial charge on any atom is -0.497 e. The Kier molecular flexibility index (Phi) is 6.45. The summed E-state index contributed by atoms with van der Waals surface area (Å²) in [5, 5.41) is 5.63. The van der Waals surface area contributed by atoms with Crippen LogP contribution in [0.5, 0.6) is 5.75 Å². The van der Waals surface area contributed by atoms with E-state index in [-0.39, 0.29) is 41.4 Å². The van der Waals surface area contributed by atoms with Gasteiger partial charge in [-0.2, -0.15) is 0 Å². The van der Waals surface area contributed by atoms with E-state index in [9.17, 15) is 14.4 Å². The maximum atomic E-state index is 13.0. The van der Waals surface area contributed by atoms with E-state index in [0.29, 0.717) is 31.9 Å². The molecule has 0 unspecified atom stereocenters. The lowest BCUT2D eigenvalue weighted by Crippen LogP contribution is -2.50. The summed E-state index contributed by atoms with van der Waals surface area (Å²) in [7, 11) is 3.13. The maximum absolute atomic E-state index is 13.0. The van der Waals surface area contributed by atoms with Crippen molar-refractivity contribution in [2.24, 2.45) is 5.92 Å². The molecule has 0 radical (unpaired) electrons. The molecule has 2 aliphatic rings. The number of pyridine rings is 1. The molecule has 1 saturated heterocycles. The molecule has 2 aliphatic heterocycles. The highest BCUT2D eigenvalue weighted by atomic mass is 16.5. The van der Waals surface area contributed by atoms with Crippen molar-refractivity contribution in [2.75, 3.05) is 44.5 Å². The summed E-state index contributed by atoms with van der Waals surface area (Å²) in [5.41, 5.74) is 1.70. The van der Waals surface area contributed by atoms with E-state index in [1.54, 1.807) is 42.0 Å². The van der Waals surface area contributed by atoms with E-state index < -0.39 is 0 Å². The number of urea groups is 1. The molecule has 2 aromatic rings. The number of amides is 3. The Labute approximate surface area is 186 Å². The molecule has 0 aliphatic carbocycles. The van der Waals surface area contributed by atoms with Crippen molar-refractivity contribution in [3.8, 4) is 5.75 Å². The van der Waals surface area contributed by atoms with Gasteiger partial charge in [0.05, 0.1) is 20.1 Å². The Morgan fingerprint density at radius 3 is 2.53 bits per heavy atom. The van der Waals surface area contributed by atoms with Crippen LogP contribution in [0.15, 0.2) is 41.2 Å². The van der Waals surface area contributed by atoms with Crippen LogP contribution in [0.2, 0.25) is 0 Å². The number of carbonyl (C=O) groups excluding carboxylic acids is 2. The maximum Gasteiger partial charge on any atom is 0.321 e. The Balaban J connectivity index is 1.46. The van der Waals surface area contributed by atoms with Crippen molar-refractivity contribution in [2.45, 2.75) is 25.3 Å². The molecule has 32 heavy (non-hydrogen) atoms. The minimum absolute atomic E-state index is 0.0788. The summed E-state index contributed by atoms with van der Waals surface area (Å²) in [6.07, 6.45) is 1.13. The molecule has 9 heteroatoms. The molecule has 4 rings (SSSR count). The van der Waals surface area contributed by atoms with E-state index in [2.05, 4.69) is 10.6 Å². The van der Waals surface area contributed by atoms with Crippen LogP contribution in [0, 0.1) is 5.92 Å². The number of nitrogens with zero attached hydrogens (tertiary/aromatic N) is 2. The second-order valence-corrected chi connectivity index (χ2v) is 8.24. The average Bonchev–Trinajstić information content (AvgIpc) is 2.80. The Hall–Kier alpha value is -3.33. The number of aromatic nitrogens is 1. The van der Waals surface area contributed by atoms with Gasteiger partial charge in [-0.05, 0) is 48.7 Å². The molecule has 2 bridgehead atoms. The van der Waals surface area contributed by atoms with Crippen LogP contribution in [-0.2, 0) is 16.1 Å². The van der Waals surface area contributed by atoms with Gasteiger partial charge in [0, 0.05) is 44.0 Å². The molecular weight excluding hydrogens is 412 g/mol. The fourth-order valence-electron chi connectivity index (χ4n) is 4.49. The van der Waals surface area contributed by atoms with Crippen LogP contribution in [0.3, 0.4) is 0 Å². The molecule has 1 fully saturated rings. The van der Waals surface area contributed by atoms with Crippen molar-refractivity contribution in [3.63, 3.8) is 0 Å². The lowest BCUT2D eigenvalue weighted by atomic mass is 9.83. The Morgan fingerprint density at radius 1 is 1.03 bits per heavy atom. The number of benzene rings is 1. The van der Waals surface area contributed by atoms with E-state index in [4.69, 9.17) is 9.47 Å². The van der Waals surface area contributed by atoms with Gasteiger partial charge >= 0.3 is 6.03 Å².